The van der Waals surface area contributed by atoms with Crippen LogP contribution in [0.25, 0.3) is 0 Å². The summed E-state index contributed by atoms with van der Waals surface area (Å²) in [6, 6.07) is 12.0. The van der Waals surface area contributed by atoms with Gasteiger partial charge in [-0.15, -0.1) is 11.3 Å². The second-order valence-corrected chi connectivity index (χ2v) is 7.54. The van der Waals surface area contributed by atoms with Gasteiger partial charge in [-0.1, -0.05) is 25.5 Å². The Bertz CT molecular complexity index is 914. The molecular weight excluding hydrogens is 344 g/mol. The molecule has 2 N–H and O–H groups in total. The maximum Gasteiger partial charge on any atom is 0.276 e. The minimum Gasteiger partial charge on any atom is -0.365 e. The molecule has 134 valence electrons. The number of anilines is 2. The van der Waals surface area contributed by atoms with Crippen LogP contribution in [0.3, 0.4) is 0 Å². The Morgan fingerprint density at radius 2 is 2.23 bits per heavy atom. The van der Waals surface area contributed by atoms with Crippen molar-refractivity contribution in [3.63, 3.8) is 0 Å². The predicted molar refractivity (Wildman–Crippen MR) is 106 cm³/mol. The predicted octanol–water partition coefficient (Wildman–Crippen LogP) is 4.24. The molecule has 1 aliphatic rings. The summed E-state index contributed by atoms with van der Waals surface area (Å²) < 4.78 is 0. The lowest BCUT2D eigenvalue weighted by molar-refractivity contribution is 0.102. The zero-order chi connectivity index (χ0) is 17.9. The van der Waals surface area contributed by atoms with Crippen LogP contribution < -0.4 is 10.2 Å². The molecule has 0 unspecified atom stereocenters. The summed E-state index contributed by atoms with van der Waals surface area (Å²) in [5.41, 5.74) is 4.70. The average Bonchev–Trinajstić information content (AvgIpc) is 3.31. The van der Waals surface area contributed by atoms with E-state index in [4.69, 9.17) is 0 Å². The Hall–Kier alpha value is -2.60. The number of aromatic nitrogens is 2. The van der Waals surface area contributed by atoms with Gasteiger partial charge < -0.3 is 10.2 Å². The number of amides is 1. The molecule has 0 saturated heterocycles. The second kappa shape index (κ2) is 7.33. The van der Waals surface area contributed by atoms with Gasteiger partial charge in [0.2, 0.25) is 0 Å². The molecule has 3 heterocycles. The number of carbonyl (C=O) groups excluding carboxylic acids is 1. The summed E-state index contributed by atoms with van der Waals surface area (Å²) >= 11 is 1.83. The number of nitrogens with zero attached hydrogens (tertiary/aromatic N) is 2. The van der Waals surface area contributed by atoms with Gasteiger partial charge >= 0.3 is 0 Å². The van der Waals surface area contributed by atoms with Gasteiger partial charge in [-0.3, -0.25) is 9.89 Å². The number of H-pyrrole nitrogens is 1. The van der Waals surface area contributed by atoms with Crippen LogP contribution in [0, 0.1) is 0 Å². The van der Waals surface area contributed by atoms with E-state index in [9.17, 15) is 4.79 Å². The number of hydrogen-bond donors (Lipinski definition) is 2. The van der Waals surface area contributed by atoms with Crippen molar-refractivity contribution < 1.29 is 4.79 Å². The number of carbonyl (C=O) groups is 1. The lowest BCUT2D eigenvalue weighted by Crippen LogP contribution is -2.30. The van der Waals surface area contributed by atoms with Crippen molar-refractivity contribution in [3.05, 3.63) is 63.6 Å². The minimum absolute atomic E-state index is 0.177. The molecule has 5 nitrogen and oxygen atoms in total. The first-order chi connectivity index (χ1) is 12.7. The highest BCUT2D eigenvalue weighted by atomic mass is 32.1. The van der Waals surface area contributed by atoms with Gasteiger partial charge in [0, 0.05) is 23.7 Å². The maximum absolute atomic E-state index is 12.6. The standard InChI is InChI=1S/C20H22N4OS/c1-2-5-15-12-17(23-22-15)20(25)21-16-6-3-4-7-18(16)24-10-8-19-14(13-24)9-11-26-19/h3-4,6-7,9,11-12H,2,5,8,10,13H2,1H3,(H,21,25)(H,22,23). The fourth-order valence-corrected chi connectivity index (χ4v) is 4.26. The fraction of sp³-hybridized carbons (Fsp3) is 0.300. The first kappa shape index (κ1) is 16.8. The van der Waals surface area contributed by atoms with Gasteiger partial charge in [0.25, 0.3) is 5.91 Å². The molecule has 1 aliphatic heterocycles. The zero-order valence-electron chi connectivity index (χ0n) is 14.8. The SMILES string of the molecule is CCCc1cc(C(=O)Nc2ccccc2N2CCc3sccc3C2)n[nH]1. The summed E-state index contributed by atoms with van der Waals surface area (Å²) in [4.78, 5) is 16.4. The van der Waals surface area contributed by atoms with E-state index >= 15 is 0 Å². The third kappa shape index (κ3) is 3.37. The number of thiophene rings is 1. The molecule has 1 amide bonds. The van der Waals surface area contributed by atoms with E-state index in [1.54, 1.807) is 0 Å². The lowest BCUT2D eigenvalue weighted by atomic mass is 10.1. The molecule has 0 aliphatic carbocycles. The Morgan fingerprint density at radius 1 is 1.35 bits per heavy atom. The quantitative estimate of drug-likeness (QED) is 0.710. The Morgan fingerprint density at radius 3 is 3.12 bits per heavy atom. The fourth-order valence-electron chi connectivity index (χ4n) is 3.37. The molecule has 1 aromatic carbocycles. The Kier molecular flexibility index (Phi) is 4.75. The molecule has 2 aromatic heterocycles. The smallest absolute Gasteiger partial charge is 0.276 e. The van der Waals surface area contributed by atoms with Crippen LogP contribution in [0.1, 0.15) is 40.0 Å². The second-order valence-electron chi connectivity index (χ2n) is 6.54. The van der Waals surface area contributed by atoms with Gasteiger partial charge in [0.15, 0.2) is 5.69 Å². The van der Waals surface area contributed by atoms with E-state index < -0.39 is 0 Å². The third-order valence-corrected chi connectivity index (χ3v) is 5.71. The van der Waals surface area contributed by atoms with Gasteiger partial charge in [0.1, 0.15) is 0 Å². The summed E-state index contributed by atoms with van der Waals surface area (Å²) in [5.74, 6) is -0.177. The van der Waals surface area contributed by atoms with E-state index in [1.165, 1.54) is 10.4 Å². The van der Waals surface area contributed by atoms with Crippen LogP contribution in [0.4, 0.5) is 11.4 Å². The minimum atomic E-state index is -0.177. The molecule has 6 heteroatoms. The Balaban J connectivity index is 1.53. The number of hydrogen-bond acceptors (Lipinski definition) is 4. The van der Waals surface area contributed by atoms with Crippen molar-refractivity contribution in [2.75, 3.05) is 16.8 Å². The van der Waals surface area contributed by atoms with Gasteiger partial charge in [-0.05, 0) is 48.1 Å². The number of nitrogens with one attached hydrogen (secondary N) is 2. The van der Waals surface area contributed by atoms with E-state index in [0.29, 0.717) is 5.69 Å². The lowest BCUT2D eigenvalue weighted by Gasteiger charge is -2.30. The van der Waals surface area contributed by atoms with Gasteiger partial charge in [-0.2, -0.15) is 5.10 Å². The van der Waals surface area contributed by atoms with Crippen LogP contribution >= 0.6 is 11.3 Å². The van der Waals surface area contributed by atoms with Crippen molar-refractivity contribution in [1.82, 2.24) is 10.2 Å². The highest BCUT2D eigenvalue weighted by Gasteiger charge is 2.20. The number of aryl methyl sites for hydroxylation is 1. The molecule has 0 radical (unpaired) electrons. The number of rotatable bonds is 5. The van der Waals surface area contributed by atoms with E-state index in [2.05, 4.69) is 44.9 Å². The van der Waals surface area contributed by atoms with Crippen LogP contribution in [-0.4, -0.2) is 22.6 Å². The molecule has 26 heavy (non-hydrogen) atoms. The van der Waals surface area contributed by atoms with E-state index in [1.807, 2.05) is 35.6 Å². The molecule has 0 saturated carbocycles. The number of aromatic amines is 1. The summed E-state index contributed by atoms with van der Waals surface area (Å²) in [5, 5.41) is 12.3. The van der Waals surface area contributed by atoms with Crippen molar-refractivity contribution in [1.29, 1.82) is 0 Å². The van der Waals surface area contributed by atoms with Crippen LogP contribution in [0.2, 0.25) is 0 Å². The zero-order valence-corrected chi connectivity index (χ0v) is 15.6. The third-order valence-electron chi connectivity index (χ3n) is 4.68. The molecule has 0 atom stereocenters. The first-order valence-corrected chi connectivity index (χ1v) is 9.87. The summed E-state index contributed by atoms with van der Waals surface area (Å²) in [6.07, 6.45) is 2.97. The monoisotopic (exact) mass is 366 g/mol. The topological polar surface area (TPSA) is 61.0 Å². The van der Waals surface area contributed by atoms with Crippen molar-refractivity contribution >= 4 is 28.6 Å². The molecule has 0 bridgehead atoms. The van der Waals surface area contributed by atoms with E-state index in [-0.39, 0.29) is 5.91 Å². The molecule has 4 rings (SSSR count). The normalized spacial score (nSPS) is 13.5. The number of fused-ring (bicyclic) bond motifs is 1. The van der Waals surface area contributed by atoms with Gasteiger partial charge in [0.05, 0.1) is 11.4 Å². The van der Waals surface area contributed by atoms with Gasteiger partial charge in [-0.25, -0.2) is 0 Å². The summed E-state index contributed by atoms with van der Waals surface area (Å²) in [6.45, 7) is 3.95. The largest absolute Gasteiger partial charge is 0.365 e. The molecule has 0 fully saturated rings. The Labute approximate surface area is 157 Å². The number of benzene rings is 1. The van der Waals surface area contributed by atoms with Crippen molar-refractivity contribution in [2.45, 2.75) is 32.7 Å². The first-order valence-electron chi connectivity index (χ1n) is 8.99. The van der Waals surface area contributed by atoms with Crippen molar-refractivity contribution in [3.8, 4) is 0 Å². The van der Waals surface area contributed by atoms with Crippen LogP contribution in [0.5, 0.6) is 0 Å². The maximum atomic E-state index is 12.6. The average molecular weight is 366 g/mol. The number of para-hydroxylation sites is 2. The molecule has 3 aromatic rings. The van der Waals surface area contributed by atoms with Crippen molar-refractivity contribution in [2.24, 2.45) is 0 Å². The summed E-state index contributed by atoms with van der Waals surface area (Å²) in [7, 11) is 0. The van der Waals surface area contributed by atoms with Crippen LogP contribution in [-0.2, 0) is 19.4 Å². The van der Waals surface area contributed by atoms with Crippen LogP contribution in [0.15, 0.2) is 41.8 Å². The molecule has 0 spiro atoms. The highest BCUT2D eigenvalue weighted by Crippen LogP contribution is 2.32. The molecular formula is C20H22N4OS. The van der Waals surface area contributed by atoms with E-state index in [0.717, 1.165) is 49.4 Å². The highest BCUT2D eigenvalue weighted by molar-refractivity contribution is 7.10.